The molecule has 1 amide bonds. The van der Waals surface area contributed by atoms with E-state index < -0.39 is 0 Å². The Labute approximate surface area is 127 Å². The van der Waals surface area contributed by atoms with E-state index in [2.05, 4.69) is 11.9 Å². The van der Waals surface area contributed by atoms with Crippen LogP contribution >= 0.6 is 0 Å². The molecule has 1 aliphatic heterocycles. The maximum Gasteiger partial charge on any atom is 0.227 e. The summed E-state index contributed by atoms with van der Waals surface area (Å²) in [6, 6.07) is 0.330. The summed E-state index contributed by atoms with van der Waals surface area (Å²) in [4.78, 5) is 17.3. The van der Waals surface area contributed by atoms with Crippen LogP contribution in [0.2, 0.25) is 0 Å². The second-order valence-corrected chi connectivity index (χ2v) is 7.23. The minimum absolute atomic E-state index is 0.00922. The minimum Gasteiger partial charge on any atom is -0.395 e. The van der Waals surface area contributed by atoms with E-state index in [9.17, 15) is 9.90 Å². The zero-order valence-corrected chi connectivity index (χ0v) is 13.1. The smallest absolute Gasteiger partial charge is 0.227 e. The second-order valence-electron chi connectivity index (χ2n) is 7.23. The highest BCUT2D eigenvalue weighted by atomic mass is 16.3. The number of carbonyl (C=O) groups excluding carboxylic acids is 1. The molecular weight excluding hydrogens is 266 g/mol. The Balaban J connectivity index is 1.70. The van der Waals surface area contributed by atoms with Gasteiger partial charge < -0.3 is 20.6 Å². The van der Waals surface area contributed by atoms with Crippen LogP contribution in [-0.4, -0.2) is 66.2 Å². The first-order valence-electron chi connectivity index (χ1n) is 8.47. The van der Waals surface area contributed by atoms with Gasteiger partial charge in [0.15, 0.2) is 0 Å². The minimum atomic E-state index is 0.00922. The highest BCUT2D eigenvalue weighted by Crippen LogP contribution is 2.48. The van der Waals surface area contributed by atoms with Crippen LogP contribution in [0.4, 0.5) is 0 Å². The van der Waals surface area contributed by atoms with Gasteiger partial charge in [-0.1, -0.05) is 0 Å². The largest absolute Gasteiger partial charge is 0.395 e. The van der Waals surface area contributed by atoms with Crippen LogP contribution in [0.25, 0.3) is 0 Å². The molecule has 5 heteroatoms. The van der Waals surface area contributed by atoms with Gasteiger partial charge in [-0.05, 0) is 64.1 Å². The molecule has 2 bridgehead atoms. The number of nitrogens with two attached hydrogens (primary N) is 1. The van der Waals surface area contributed by atoms with Gasteiger partial charge in [0.2, 0.25) is 5.91 Å². The maximum absolute atomic E-state index is 13.0. The number of carbonyl (C=O) groups is 1. The fraction of sp³-hybridized carbons (Fsp3) is 0.938. The molecule has 1 saturated heterocycles. The van der Waals surface area contributed by atoms with E-state index >= 15 is 0 Å². The van der Waals surface area contributed by atoms with E-state index in [1.165, 1.54) is 6.42 Å². The first-order chi connectivity index (χ1) is 10.1. The number of rotatable bonds is 4. The Hall–Kier alpha value is -0.650. The Morgan fingerprint density at radius 2 is 1.90 bits per heavy atom. The molecule has 0 aromatic carbocycles. The number of aliphatic hydroxyl groups is 1. The number of hydrogen-bond acceptors (Lipinski definition) is 4. The van der Waals surface area contributed by atoms with Gasteiger partial charge in [0, 0.05) is 18.6 Å². The first kappa shape index (κ1) is 15.3. The average Bonchev–Trinajstić information content (AvgIpc) is 3.06. The summed E-state index contributed by atoms with van der Waals surface area (Å²) >= 11 is 0. The van der Waals surface area contributed by atoms with E-state index in [-0.39, 0.29) is 30.5 Å². The topological polar surface area (TPSA) is 69.8 Å². The number of hydrogen-bond donors (Lipinski definition) is 2. The maximum atomic E-state index is 13.0. The molecule has 120 valence electrons. The van der Waals surface area contributed by atoms with Gasteiger partial charge in [-0.15, -0.1) is 0 Å². The van der Waals surface area contributed by atoms with Crippen molar-refractivity contribution in [2.24, 2.45) is 23.5 Å². The Kier molecular flexibility index (Phi) is 4.52. The standard InChI is InChI=1S/C16H29N3O2/c1-18-6-4-13(5-7-18)19(8-9-20)16(21)14-11-2-3-12(10-11)15(14)17/h11-15,20H,2-10,17H2,1H3. The molecule has 0 spiro atoms. The highest BCUT2D eigenvalue weighted by molar-refractivity contribution is 5.81. The van der Waals surface area contributed by atoms with Gasteiger partial charge >= 0.3 is 0 Å². The van der Waals surface area contributed by atoms with E-state index in [0.717, 1.165) is 38.8 Å². The molecule has 0 radical (unpaired) electrons. The SMILES string of the molecule is CN1CCC(N(CCO)C(=O)C2C3CCC(C3)C2N)CC1. The van der Waals surface area contributed by atoms with Crippen LogP contribution in [0.5, 0.6) is 0 Å². The lowest BCUT2D eigenvalue weighted by Gasteiger charge is -2.40. The third kappa shape index (κ3) is 2.83. The second kappa shape index (κ2) is 6.23. The van der Waals surface area contributed by atoms with Crippen molar-refractivity contribution < 1.29 is 9.90 Å². The van der Waals surface area contributed by atoms with Crippen LogP contribution in [-0.2, 0) is 4.79 Å². The molecule has 3 fully saturated rings. The summed E-state index contributed by atoms with van der Waals surface area (Å²) in [5, 5.41) is 9.37. The first-order valence-corrected chi connectivity index (χ1v) is 8.47. The summed E-state index contributed by atoms with van der Waals surface area (Å²) in [5.74, 6) is 1.27. The highest BCUT2D eigenvalue weighted by Gasteiger charge is 2.50. The number of aliphatic hydroxyl groups excluding tert-OH is 1. The van der Waals surface area contributed by atoms with E-state index in [0.29, 0.717) is 18.4 Å². The Bertz CT molecular complexity index is 380. The monoisotopic (exact) mass is 295 g/mol. The molecule has 2 saturated carbocycles. The molecule has 0 aromatic rings. The lowest BCUT2D eigenvalue weighted by Crippen LogP contribution is -2.53. The zero-order chi connectivity index (χ0) is 15.0. The molecule has 0 aromatic heterocycles. The molecule has 3 aliphatic rings. The van der Waals surface area contributed by atoms with Gasteiger partial charge in [0.25, 0.3) is 0 Å². The van der Waals surface area contributed by atoms with Gasteiger partial charge in [0.1, 0.15) is 0 Å². The number of piperidine rings is 1. The molecule has 4 unspecified atom stereocenters. The van der Waals surface area contributed by atoms with Crippen molar-refractivity contribution in [2.45, 2.75) is 44.2 Å². The van der Waals surface area contributed by atoms with Crippen molar-refractivity contribution >= 4 is 5.91 Å². The van der Waals surface area contributed by atoms with Crippen molar-refractivity contribution in [1.29, 1.82) is 0 Å². The van der Waals surface area contributed by atoms with Gasteiger partial charge in [-0.25, -0.2) is 0 Å². The fourth-order valence-corrected chi connectivity index (χ4v) is 4.78. The Morgan fingerprint density at radius 1 is 1.24 bits per heavy atom. The summed E-state index contributed by atoms with van der Waals surface area (Å²) < 4.78 is 0. The van der Waals surface area contributed by atoms with Crippen LogP contribution in [0.15, 0.2) is 0 Å². The predicted molar refractivity (Wildman–Crippen MR) is 81.6 cm³/mol. The number of amides is 1. The van der Waals surface area contributed by atoms with Crippen molar-refractivity contribution in [3.63, 3.8) is 0 Å². The molecule has 4 atom stereocenters. The summed E-state index contributed by atoms with van der Waals surface area (Å²) in [7, 11) is 2.13. The molecule has 2 aliphatic carbocycles. The van der Waals surface area contributed by atoms with Crippen molar-refractivity contribution in [1.82, 2.24) is 9.80 Å². The predicted octanol–water partition coefficient (Wildman–Crippen LogP) is 0.275. The molecule has 5 nitrogen and oxygen atoms in total. The van der Waals surface area contributed by atoms with Crippen LogP contribution in [0.3, 0.4) is 0 Å². The number of nitrogens with zero attached hydrogens (tertiary/aromatic N) is 2. The van der Waals surface area contributed by atoms with Crippen molar-refractivity contribution in [3.8, 4) is 0 Å². The molecule has 3 N–H and O–H groups in total. The third-order valence-corrected chi connectivity index (χ3v) is 6.02. The normalized spacial score (nSPS) is 37.1. The van der Waals surface area contributed by atoms with Gasteiger partial charge in [-0.3, -0.25) is 4.79 Å². The summed E-state index contributed by atoms with van der Waals surface area (Å²) in [6.07, 6.45) is 5.52. The quantitative estimate of drug-likeness (QED) is 0.781. The van der Waals surface area contributed by atoms with E-state index in [4.69, 9.17) is 5.73 Å². The number of fused-ring (bicyclic) bond motifs is 2. The van der Waals surface area contributed by atoms with Crippen molar-refractivity contribution in [3.05, 3.63) is 0 Å². The third-order valence-electron chi connectivity index (χ3n) is 6.02. The molecule has 21 heavy (non-hydrogen) atoms. The van der Waals surface area contributed by atoms with E-state index in [1.807, 2.05) is 4.90 Å². The number of likely N-dealkylation sites (tertiary alicyclic amines) is 1. The zero-order valence-electron chi connectivity index (χ0n) is 13.1. The van der Waals surface area contributed by atoms with Gasteiger partial charge in [-0.2, -0.15) is 0 Å². The van der Waals surface area contributed by atoms with Crippen LogP contribution in [0, 0.1) is 17.8 Å². The van der Waals surface area contributed by atoms with E-state index in [1.54, 1.807) is 0 Å². The average molecular weight is 295 g/mol. The molecular formula is C16H29N3O2. The van der Waals surface area contributed by atoms with Crippen LogP contribution < -0.4 is 5.73 Å². The Morgan fingerprint density at radius 3 is 2.48 bits per heavy atom. The molecule has 3 rings (SSSR count). The van der Waals surface area contributed by atoms with Crippen molar-refractivity contribution in [2.75, 3.05) is 33.3 Å². The fourth-order valence-electron chi connectivity index (χ4n) is 4.78. The summed E-state index contributed by atoms with van der Waals surface area (Å²) in [5.41, 5.74) is 6.33. The summed E-state index contributed by atoms with van der Waals surface area (Å²) in [6.45, 7) is 2.58. The van der Waals surface area contributed by atoms with Gasteiger partial charge in [0.05, 0.1) is 12.5 Å². The van der Waals surface area contributed by atoms with Crippen LogP contribution in [0.1, 0.15) is 32.1 Å². The molecule has 1 heterocycles. The lowest BCUT2D eigenvalue weighted by atomic mass is 9.83. The lowest BCUT2D eigenvalue weighted by molar-refractivity contribution is -0.141.